The number of nitrogens with zero attached hydrogens (tertiary/aromatic N) is 1. The molecule has 0 amide bonds. The Hall–Kier alpha value is -7.22. The van der Waals surface area contributed by atoms with Crippen LogP contribution in [0.4, 0.5) is 26.3 Å². The van der Waals surface area contributed by atoms with Crippen molar-refractivity contribution in [2.24, 2.45) is 0 Å². The summed E-state index contributed by atoms with van der Waals surface area (Å²) in [5.74, 6) is -8.28. The minimum atomic E-state index is -1.55. The van der Waals surface area contributed by atoms with Crippen molar-refractivity contribution in [3.05, 3.63) is 215 Å². The van der Waals surface area contributed by atoms with Crippen LogP contribution in [0.2, 0.25) is 0 Å². The largest absolute Gasteiger partial charge is 0.309 e. The zero-order chi connectivity index (χ0) is 42.7. The molecule has 0 fully saturated rings. The summed E-state index contributed by atoms with van der Waals surface area (Å²) >= 11 is 0. The van der Waals surface area contributed by atoms with Crippen LogP contribution >= 0.6 is 0 Å². The SMILES string of the molecule is Fc1cc(-c2cc3ccccc3c3c2C[N+]2(Cc4ccc5ccccc5c4-c4c(ccc5ccccc45)C2)Cc2c(-c4cc(F)c(F)c(F)c4)cc4ccccc4c2-3)cc(F)c1F. The molecule has 0 unspecified atom stereocenters. The summed E-state index contributed by atoms with van der Waals surface area (Å²) in [5, 5.41) is 7.71. The van der Waals surface area contributed by atoms with Crippen LogP contribution < -0.4 is 0 Å². The van der Waals surface area contributed by atoms with Crippen molar-refractivity contribution in [3.8, 4) is 44.5 Å². The molecule has 10 aromatic carbocycles. The Balaban J connectivity index is 1.26. The molecule has 0 saturated heterocycles. The van der Waals surface area contributed by atoms with Gasteiger partial charge in [0, 0.05) is 33.4 Å². The predicted octanol–water partition coefficient (Wildman–Crippen LogP) is 15.3. The van der Waals surface area contributed by atoms with Gasteiger partial charge in [0.05, 0.1) is 0 Å². The highest BCUT2D eigenvalue weighted by atomic mass is 19.2. The molecule has 0 bridgehead atoms. The summed E-state index contributed by atoms with van der Waals surface area (Å²) in [4.78, 5) is 0. The molecule has 0 aromatic heterocycles. The van der Waals surface area contributed by atoms with Gasteiger partial charge >= 0.3 is 0 Å². The molecule has 0 N–H and O–H groups in total. The third-order valence-corrected chi connectivity index (χ3v) is 13.4. The van der Waals surface area contributed by atoms with E-state index in [0.29, 0.717) is 41.8 Å². The molecule has 304 valence electrons. The first kappa shape index (κ1) is 37.5. The lowest BCUT2D eigenvalue weighted by molar-refractivity contribution is -0.977. The van der Waals surface area contributed by atoms with Gasteiger partial charge < -0.3 is 4.48 Å². The van der Waals surface area contributed by atoms with Gasteiger partial charge in [-0.2, -0.15) is 0 Å². The average Bonchev–Trinajstić information content (AvgIpc) is 3.54. The zero-order valence-electron chi connectivity index (χ0n) is 33.6. The lowest BCUT2D eigenvalue weighted by atomic mass is 9.82. The highest BCUT2D eigenvalue weighted by molar-refractivity contribution is 6.12. The summed E-state index contributed by atoms with van der Waals surface area (Å²) in [7, 11) is 0. The van der Waals surface area contributed by atoms with Crippen molar-refractivity contribution in [1.82, 2.24) is 0 Å². The van der Waals surface area contributed by atoms with Gasteiger partial charge in [-0.05, 0) is 113 Å². The number of rotatable bonds is 2. The van der Waals surface area contributed by atoms with Gasteiger partial charge in [-0.15, -0.1) is 0 Å². The maximum absolute atomic E-state index is 15.4. The van der Waals surface area contributed by atoms with E-state index in [4.69, 9.17) is 0 Å². The minimum Gasteiger partial charge on any atom is -0.309 e. The second kappa shape index (κ2) is 13.9. The number of quaternary nitrogens is 1. The van der Waals surface area contributed by atoms with Crippen LogP contribution in [0.25, 0.3) is 87.6 Å². The van der Waals surface area contributed by atoms with E-state index in [1.807, 2.05) is 72.8 Å². The van der Waals surface area contributed by atoms with Crippen molar-refractivity contribution < 1.29 is 30.8 Å². The van der Waals surface area contributed by atoms with Gasteiger partial charge in [0.15, 0.2) is 34.9 Å². The van der Waals surface area contributed by atoms with Crippen LogP contribution in [0.3, 0.4) is 0 Å². The lowest BCUT2D eigenvalue weighted by Gasteiger charge is -2.39. The summed E-state index contributed by atoms with van der Waals surface area (Å²) < 4.78 is 91.5. The van der Waals surface area contributed by atoms with Gasteiger partial charge in [-0.3, -0.25) is 0 Å². The maximum atomic E-state index is 15.4. The first-order valence-electron chi connectivity index (χ1n) is 20.9. The Bertz CT molecular complexity index is 3330. The Labute approximate surface area is 358 Å². The van der Waals surface area contributed by atoms with Gasteiger partial charge in [0.1, 0.15) is 26.2 Å². The maximum Gasteiger partial charge on any atom is 0.194 e. The van der Waals surface area contributed by atoms with E-state index >= 15 is 17.6 Å². The van der Waals surface area contributed by atoms with Crippen LogP contribution in [0.5, 0.6) is 0 Å². The molecule has 12 rings (SSSR count). The number of benzene rings is 10. The van der Waals surface area contributed by atoms with Crippen LogP contribution in [0.1, 0.15) is 22.3 Å². The van der Waals surface area contributed by atoms with E-state index in [-0.39, 0.29) is 11.1 Å². The van der Waals surface area contributed by atoms with E-state index in [2.05, 4.69) is 60.7 Å². The summed E-state index contributed by atoms with van der Waals surface area (Å²) in [6, 6.07) is 49.1. The van der Waals surface area contributed by atoms with Crippen molar-refractivity contribution in [3.63, 3.8) is 0 Å². The number of halogens is 6. The number of fused-ring (bicyclic) bond motifs is 14. The van der Waals surface area contributed by atoms with Crippen molar-refractivity contribution >= 4 is 43.1 Å². The molecule has 1 nitrogen and oxygen atoms in total. The van der Waals surface area contributed by atoms with Gasteiger partial charge in [-0.25, -0.2) is 26.3 Å². The fourth-order valence-corrected chi connectivity index (χ4v) is 10.8. The molecule has 0 radical (unpaired) electrons. The first-order chi connectivity index (χ1) is 30.6. The molecule has 2 aliphatic rings. The normalized spacial score (nSPS) is 14.1. The minimum absolute atomic E-state index is 0.186. The second-order valence-corrected chi connectivity index (χ2v) is 17.1. The average molecular weight is 835 g/mol. The van der Waals surface area contributed by atoms with Crippen LogP contribution in [-0.2, 0) is 26.2 Å². The smallest absolute Gasteiger partial charge is 0.194 e. The summed E-state index contributed by atoms with van der Waals surface area (Å²) in [6.45, 7) is 1.70. The Morgan fingerprint density at radius 1 is 0.317 bits per heavy atom. The molecule has 63 heavy (non-hydrogen) atoms. The fourth-order valence-electron chi connectivity index (χ4n) is 10.8. The first-order valence-corrected chi connectivity index (χ1v) is 20.9. The molecule has 0 saturated carbocycles. The standard InChI is InChI=1S/C56H34F6N/c57-47-23-37(24-48(58)55(47)61)43-21-33-11-3-7-15-41(33)53-45(43)29-63(30-46-44(38-25-49(59)56(62)50(60)26-38)22-34-12-4-8-16-42(34)54(46)53)27-35-19-17-31-9-1-5-13-39(31)51(35)52-36(28-63)20-18-32-10-2-6-14-40(32)52/h1-26H,27-30H2/q+1. The van der Waals surface area contributed by atoms with E-state index < -0.39 is 34.9 Å². The van der Waals surface area contributed by atoms with Crippen molar-refractivity contribution in [2.75, 3.05) is 0 Å². The Morgan fingerprint density at radius 2 is 0.651 bits per heavy atom. The fraction of sp³-hybridized carbons (Fsp3) is 0.0714. The zero-order valence-corrected chi connectivity index (χ0v) is 33.6. The van der Waals surface area contributed by atoms with E-state index in [1.54, 1.807) is 0 Å². The van der Waals surface area contributed by atoms with Gasteiger partial charge in [0.25, 0.3) is 0 Å². The topological polar surface area (TPSA) is 0 Å². The predicted molar refractivity (Wildman–Crippen MR) is 239 cm³/mol. The van der Waals surface area contributed by atoms with E-state index in [9.17, 15) is 8.78 Å². The highest BCUT2D eigenvalue weighted by Gasteiger charge is 2.42. The number of hydrogen-bond donors (Lipinski definition) is 0. The Kier molecular flexibility index (Phi) is 8.28. The quantitative estimate of drug-likeness (QED) is 0.0925. The van der Waals surface area contributed by atoms with Gasteiger partial charge in [-0.1, -0.05) is 121 Å². The number of hydrogen-bond acceptors (Lipinski definition) is 0. The Morgan fingerprint density at radius 3 is 1.03 bits per heavy atom. The molecule has 7 heteroatoms. The second-order valence-electron chi connectivity index (χ2n) is 17.1. The molecule has 10 aromatic rings. The lowest BCUT2D eigenvalue weighted by Crippen LogP contribution is -2.44. The van der Waals surface area contributed by atoms with E-state index in [0.717, 1.165) is 112 Å². The van der Waals surface area contributed by atoms with Crippen LogP contribution in [0.15, 0.2) is 158 Å². The van der Waals surface area contributed by atoms with Crippen molar-refractivity contribution in [2.45, 2.75) is 26.2 Å². The highest BCUT2D eigenvalue weighted by Crippen LogP contribution is 2.53. The van der Waals surface area contributed by atoms with E-state index in [1.165, 1.54) is 0 Å². The molecule has 2 aliphatic heterocycles. The molecule has 0 atom stereocenters. The third kappa shape index (κ3) is 5.76. The summed E-state index contributed by atoms with van der Waals surface area (Å²) in [5.41, 5.74) is 9.10. The van der Waals surface area contributed by atoms with Gasteiger partial charge in [0.2, 0.25) is 0 Å². The third-order valence-electron chi connectivity index (χ3n) is 13.4. The molecule has 0 aliphatic carbocycles. The monoisotopic (exact) mass is 834 g/mol. The molecular weight excluding hydrogens is 801 g/mol. The molecular formula is C56H34F6N+. The molecule has 2 heterocycles. The summed E-state index contributed by atoms with van der Waals surface area (Å²) in [6.07, 6.45) is 0. The van der Waals surface area contributed by atoms with Crippen LogP contribution in [0, 0.1) is 34.9 Å². The van der Waals surface area contributed by atoms with Crippen molar-refractivity contribution in [1.29, 1.82) is 0 Å². The van der Waals surface area contributed by atoms with Crippen LogP contribution in [-0.4, -0.2) is 4.48 Å². The molecule has 1 spiro atoms.